The molecule has 11 heteroatoms. The zero-order valence-electron chi connectivity index (χ0n) is 10.4. The van der Waals surface area contributed by atoms with E-state index >= 15 is 0 Å². The Morgan fingerprint density at radius 3 is 2.70 bits per heavy atom. The van der Waals surface area contributed by atoms with E-state index in [-0.39, 0.29) is 18.1 Å². The molecule has 0 amide bonds. The minimum Gasteiger partial charge on any atom is -0.478 e. The summed E-state index contributed by atoms with van der Waals surface area (Å²) in [5.41, 5.74) is -0.864. The number of aromatic carboxylic acids is 1. The van der Waals surface area contributed by atoms with Gasteiger partial charge in [0.1, 0.15) is 17.6 Å². The monoisotopic (exact) mass is 304 g/mol. The highest BCUT2D eigenvalue weighted by atomic mass is 32.2. The molecule has 0 saturated heterocycles. The van der Waals surface area contributed by atoms with Crippen molar-refractivity contribution < 1.29 is 23.2 Å². The van der Waals surface area contributed by atoms with Gasteiger partial charge in [0, 0.05) is 12.6 Å². The van der Waals surface area contributed by atoms with Gasteiger partial charge < -0.3 is 10.4 Å². The normalized spacial score (nSPS) is 11.1. The first-order chi connectivity index (χ1) is 9.26. The number of carbonyl (C=O) groups is 1. The molecule has 0 saturated carbocycles. The number of nitrogens with one attached hydrogen (secondary N) is 2. The number of hydrogen-bond donors (Lipinski definition) is 3. The van der Waals surface area contributed by atoms with Crippen molar-refractivity contribution >= 4 is 27.5 Å². The van der Waals surface area contributed by atoms with Crippen molar-refractivity contribution in [3.05, 3.63) is 27.9 Å². The number of pyridine rings is 1. The van der Waals surface area contributed by atoms with Gasteiger partial charge >= 0.3 is 5.97 Å². The molecule has 0 aliphatic rings. The number of nitro groups is 1. The van der Waals surface area contributed by atoms with E-state index in [0.717, 1.165) is 12.3 Å². The van der Waals surface area contributed by atoms with Crippen molar-refractivity contribution in [1.29, 1.82) is 0 Å². The Morgan fingerprint density at radius 2 is 2.20 bits per heavy atom. The van der Waals surface area contributed by atoms with Crippen LogP contribution in [0.3, 0.4) is 0 Å². The van der Waals surface area contributed by atoms with Crippen LogP contribution in [0.1, 0.15) is 10.4 Å². The van der Waals surface area contributed by atoms with Crippen molar-refractivity contribution in [3.63, 3.8) is 0 Å². The van der Waals surface area contributed by atoms with Crippen LogP contribution in [0, 0.1) is 10.1 Å². The maximum Gasteiger partial charge on any atom is 0.339 e. The van der Waals surface area contributed by atoms with Crippen molar-refractivity contribution in [3.8, 4) is 0 Å². The largest absolute Gasteiger partial charge is 0.478 e. The molecular formula is C9H12N4O6S. The molecule has 1 rings (SSSR count). The van der Waals surface area contributed by atoms with Gasteiger partial charge in [-0.15, -0.1) is 0 Å². The lowest BCUT2D eigenvalue weighted by molar-refractivity contribution is -0.385. The molecule has 0 aliphatic carbocycles. The Balaban J connectivity index is 2.90. The van der Waals surface area contributed by atoms with Crippen LogP contribution < -0.4 is 10.0 Å². The van der Waals surface area contributed by atoms with Gasteiger partial charge in [0.15, 0.2) is 0 Å². The second-order valence-corrected chi connectivity index (χ2v) is 5.65. The van der Waals surface area contributed by atoms with Crippen LogP contribution in [-0.2, 0) is 10.0 Å². The van der Waals surface area contributed by atoms with Gasteiger partial charge in [-0.25, -0.2) is 22.9 Å². The van der Waals surface area contributed by atoms with Gasteiger partial charge in [0.05, 0.1) is 10.7 Å². The highest BCUT2D eigenvalue weighted by molar-refractivity contribution is 7.89. The summed E-state index contributed by atoms with van der Waals surface area (Å²) in [5, 5.41) is 22.0. The van der Waals surface area contributed by atoms with Gasteiger partial charge in [-0.3, -0.25) is 10.1 Å². The Labute approximate surface area is 114 Å². The predicted molar refractivity (Wildman–Crippen MR) is 69.2 cm³/mol. The van der Waals surface area contributed by atoms with Crippen molar-refractivity contribution in [2.75, 3.05) is 24.7 Å². The minimum absolute atomic E-state index is 0.0890. The molecule has 110 valence electrons. The van der Waals surface area contributed by atoms with E-state index in [1.807, 2.05) is 0 Å². The average Bonchev–Trinajstić information content (AvgIpc) is 2.38. The second kappa shape index (κ2) is 6.25. The van der Waals surface area contributed by atoms with Gasteiger partial charge in [-0.1, -0.05) is 0 Å². The fraction of sp³-hybridized carbons (Fsp3) is 0.333. The lowest BCUT2D eigenvalue weighted by atomic mass is 10.2. The first-order valence-corrected chi connectivity index (χ1v) is 6.95. The lowest BCUT2D eigenvalue weighted by Crippen LogP contribution is -2.26. The first kappa shape index (κ1) is 15.8. The third-order valence-electron chi connectivity index (χ3n) is 2.29. The summed E-state index contributed by atoms with van der Waals surface area (Å²) in [6.07, 6.45) is 0.890. The van der Waals surface area contributed by atoms with E-state index in [9.17, 15) is 23.3 Å². The van der Waals surface area contributed by atoms with Crippen LogP contribution >= 0.6 is 0 Å². The van der Waals surface area contributed by atoms with Crippen LogP contribution in [0.25, 0.3) is 0 Å². The van der Waals surface area contributed by atoms with Crippen molar-refractivity contribution in [2.24, 2.45) is 0 Å². The fourth-order valence-electron chi connectivity index (χ4n) is 1.26. The molecule has 20 heavy (non-hydrogen) atoms. The van der Waals surface area contributed by atoms with E-state index in [1.165, 1.54) is 7.05 Å². The van der Waals surface area contributed by atoms with E-state index in [2.05, 4.69) is 15.0 Å². The summed E-state index contributed by atoms with van der Waals surface area (Å²) in [6, 6.07) is 0.851. The van der Waals surface area contributed by atoms with Crippen LogP contribution in [0.15, 0.2) is 12.3 Å². The minimum atomic E-state index is -3.44. The molecule has 0 atom stereocenters. The van der Waals surface area contributed by atoms with Gasteiger partial charge in [0.2, 0.25) is 10.0 Å². The summed E-state index contributed by atoms with van der Waals surface area (Å²) in [7, 11) is -2.19. The number of nitrogens with zero attached hydrogens (tertiary/aromatic N) is 2. The topological polar surface area (TPSA) is 152 Å². The second-order valence-electron chi connectivity index (χ2n) is 3.60. The predicted octanol–water partition coefficient (Wildman–Crippen LogP) is -0.351. The molecule has 0 aromatic carbocycles. The van der Waals surface area contributed by atoms with Crippen LogP contribution in [0.5, 0.6) is 0 Å². The molecule has 0 bridgehead atoms. The summed E-state index contributed by atoms with van der Waals surface area (Å²) >= 11 is 0. The summed E-state index contributed by atoms with van der Waals surface area (Å²) in [4.78, 5) is 24.4. The third kappa shape index (κ3) is 4.13. The maximum absolute atomic E-state index is 11.2. The van der Waals surface area contributed by atoms with Gasteiger partial charge in [-0.2, -0.15) is 0 Å². The van der Waals surface area contributed by atoms with Crippen molar-refractivity contribution in [1.82, 2.24) is 9.71 Å². The number of hydrogen-bond acceptors (Lipinski definition) is 7. The number of aromatic nitrogens is 1. The lowest BCUT2D eigenvalue weighted by Gasteiger charge is -2.08. The molecule has 0 radical (unpaired) electrons. The average molecular weight is 304 g/mol. The van der Waals surface area contributed by atoms with E-state index in [1.54, 1.807) is 0 Å². The molecule has 0 aliphatic heterocycles. The van der Waals surface area contributed by atoms with E-state index in [0.29, 0.717) is 0 Å². The van der Waals surface area contributed by atoms with Crippen LogP contribution in [-0.4, -0.2) is 48.7 Å². The van der Waals surface area contributed by atoms with E-state index in [4.69, 9.17) is 5.11 Å². The third-order valence-corrected chi connectivity index (χ3v) is 3.65. The van der Waals surface area contributed by atoms with Crippen LogP contribution in [0.2, 0.25) is 0 Å². The van der Waals surface area contributed by atoms with Crippen molar-refractivity contribution in [2.45, 2.75) is 0 Å². The van der Waals surface area contributed by atoms with Gasteiger partial charge in [0.25, 0.3) is 5.69 Å². The summed E-state index contributed by atoms with van der Waals surface area (Å²) < 4.78 is 24.4. The molecule has 0 fully saturated rings. The Bertz CT molecular complexity index is 629. The smallest absolute Gasteiger partial charge is 0.339 e. The quantitative estimate of drug-likeness (QED) is 0.456. The first-order valence-electron chi connectivity index (χ1n) is 5.29. The standard InChI is InChI=1S/C9H12N4O6S/c1-10-20(18,19)3-2-11-8-7(9(14)15)4-6(5-12-8)13(16)17/h4-5,10H,2-3H2,1H3,(H,11,12)(H,14,15). The summed E-state index contributed by atoms with van der Waals surface area (Å²) in [6.45, 7) is -0.0890. The number of carboxylic acid groups (broad SMARTS) is 1. The Morgan fingerprint density at radius 1 is 1.55 bits per heavy atom. The SMILES string of the molecule is CNS(=O)(=O)CCNc1ncc([N+](=O)[O-])cc1C(=O)O. The number of rotatable bonds is 7. The zero-order chi connectivity index (χ0) is 15.3. The molecular weight excluding hydrogens is 292 g/mol. The molecule has 3 N–H and O–H groups in total. The molecule has 1 heterocycles. The van der Waals surface area contributed by atoms with Crippen LogP contribution in [0.4, 0.5) is 11.5 Å². The number of sulfonamides is 1. The van der Waals surface area contributed by atoms with Gasteiger partial charge in [-0.05, 0) is 7.05 Å². The molecule has 0 unspecified atom stereocenters. The summed E-state index contributed by atoms with van der Waals surface area (Å²) in [5.74, 6) is -1.82. The van der Waals surface area contributed by atoms with E-state index < -0.39 is 32.2 Å². The fourth-order valence-corrected chi connectivity index (χ4v) is 1.84. The zero-order valence-corrected chi connectivity index (χ0v) is 11.2. The maximum atomic E-state index is 11.2. The molecule has 1 aromatic heterocycles. The molecule has 10 nitrogen and oxygen atoms in total. The Kier molecular flexibility index (Phi) is 4.94. The highest BCUT2D eigenvalue weighted by Gasteiger charge is 2.17. The molecule has 0 spiro atoms. The number of carboxylic acids is 1. The Hall–Kier alpha value is -2.27. The number of anilines is 1. The highest BCUT2D eigenvalue weighted by Crippen LogP contribution is 2.18. The molecule has 1 aromatic rings.